The lowest BCUT2D eigenvalue weighted by Gasteiger charge is -2.03. The lowest BCUT2D eigenvalue weighted by atomic mass is 10.1. The van der Waals surface area contributed by atoms with E-state index < -0.39 is 6.04 Å². The molecule has 1 heterocycles. The van der Waals surface area contributed by atoms with Crippen LogP contribution in [0.15, 0.2) is 24.3 Å². The number of hydrogen-bond acceptors (Lipinski definition) is 3. The van der Waals surface area contributed by atoms with Gasteiger partial charge in [0.25, 0.3) is 0 Å². The first-order chi connectivity index (χ1) is 6.20. The second kappa shape index (κ2) is 2.69. The molecule has 1 aromatic rings. The van der Waals surface area contributed by atoms with Crippen LogP contribution in [0, 0.1) is 0 Å². The van der Waals surface area contributed by atoms with Crippen LogP contribution < -0.4 is 5.32 Å². The zero-order valence-electron chi connectivity index (χ0n) is 7.20. The van der Waals surface area contributed by atoms with Gasteiger partial charge in [-0.3, -0.25) is 9.59 Å². The maximum atomic E-state index is 11.6. The number of carbonyl (C=O) groups excluding carboxylic acids is 2. The van der Waals surface area contributed by atoms with Crippen molar-refractivity contribution in [3.8, 4) is 0 Å². The van der Waals surface area contributed by atoms with Crippen molar-refractivity contribution in [1.29, 1.82) is 0 Å². The molecule has 0 bridgehead atoms. The first-order valence-corrected chi connectivity index (χ1v) is 4.10. The Hall–Kier alpha value is -1.64. The molecule has 1 aliphatic heterocycles. The summed E-state index contributed by atoms with van der Waals surface area (Å²) in [5, 5.41) is 2.88. The fourth-order valence-corrected chi connectivity index (χ4v) is 1.49. The minimum Gasteiger partial charge on any atom is -0.368 e. The van der Waals surface area contributed by atoms with Crippen LogP contribution in [-0.4, -0.2) is 17.6 Å². The molecule has 13 heavy (non-hydrogen) atoms. The number of para-hydroxylation sites is 1. The molecule has 3 heteroatoms. The Morgan fingerprint density at radius 3 is 2.69 bits per heavy atom. The molecule has 1 aliphatic rings. The predicted octanol–water partition coefficient (Wildman–Crippen LogP) is 1.25. The van der Waals surface area contributed by atoms with E-state index in [1.165, 1.54) is 6.92 Å². The van der Waals surface area contributed by atoms with E-state index in [4.69, 9.17) is 0 Å². The number of carbonyl (C=O) groups is 2. The van der Waals surface area contributed by atoms with Crippen molar-refractivity contribution >= 4 is 17.3 Å². The fraction of sp³-hybridized carbons (Fsp3) is 0.200. The number of Topliss-reactive ketones (excluding diaryl/α,β-unsaturated/α-hetero) is 2. The lowest BCUT2D eigenvalue weighted by Crippen LogP contribution is -2.29. The maximum Gasteiger partial charge on any atom is 0.194 e. The van der Waals surface area contributed by atoms with Gasteiger partial charge in [-0.1, -0.05) is 12.1 Å². The highest BCUT2D eigenvalue weighted by molar-refractivity contribution is 6.21. The summed E-state index contributed by atoms with van der Waals surface area (Å²) >= 11 is 0. The standard InChI is InChI=1S/C10H9NO2/c1-6(12)9-10(13)7-4-2-3-5-8(7)11-9/h2-5,9,11H,1H3/t9-/m1/s1. The highest BCUT2D eigenvalue weighted by Gasteiger charge is 2.32. The molecule has 1 N–H and O–H groups in total. The number of anilines is 1. The summed E-state index contributed by atoms with van der Waals surface area (Å²) in [4.78, 5) is 22.6. The van der Waals surface area contributed by atoms with Gasteiger partial charge < -0.3 is 5.32 Å². The lowest BCUT2D eigenvalue weighted by molar-refractivity contribution is -0.116. The molecule has 0 saturated carbocycles. The van der Waals surface area contributed by atoms with Gasteiger partial charge in [-0.05, 0) is 19.1 Å². The molecule has 1 aromatic carbocycles. The number of hydrogen-bond donors (Lipinski definition) is 1. The molecule has 0 saturated heterocycles. The summed E-state index contributed by atoms with van der Waals surface area (Å²) in [5.74, 6) is -0.260. The smallest absolute Gasteiger partial charge is 0.194 e. The van der Waals surface area contributed by atoms with Crippen LogP contribution in [0.5, 0.6) is 0 Å². The average molecular weight is 175 g/mol. The van der Waals surface area contributed by atoms with E-state index in [-0.39, 0.29) is 11.6 Å². The summed E-state index contributed by atoms with van der Waals surface area (Å²) in [5.41, 5.74) is 1.37. The minimum absolute atomic E-state index is 0.122. The molecule has 0 aromatic heterocycles. The Balaban J connectivity index is 2.44. The van der Waals surface area contributed by atoms with Crippen LogP contribution in [0.4, 0.5) is 5.69 Å². The average Bonchev–Trinajstić information content (AvgIpc) is 2.45. The Bertz CT molecular complexity index is 384. The molecule has 3 nitrogen and oxygen atoms in total. The first-order valence-electron chi connectivity index (χ1n) is 4.10. The quantitative estimate of drug-likeness (QED) is 0.653. The van der Waals surface area contributed by atoms with Gasteiger partial charge in [0.05, 0.1) is 0 Å². The maximum absolute atomic E-state index is 11.6. The molecule has 0 fully saturated rings. The zero-order chi connectivity index (χ0) is 9.42. The van der Waals surface area contributed by atoms with Crippen LogP contribution in [0.2, 0.25) is 0 Å². The molecule has 0 aliphatic carbocycles. The third kappa shape index (κ3) is 1.13. The van der Waals surface area contributed by atoms with E-state index in [2.05, 4.69) is 5.32 Å². The van der Waals surface area contributed by atoms with Crippen molar-refractivity contribution in [2.75, 3.05) is 5.32 Å². The summed E-state index contributed by atoms with van der Waals surface area (Å²) in [6, 6.07) is 6.49. The zero-order valence-corrected chi connectivity index (χ0v) is 7.20. The topological polar surface area (TPSA) is 46.2 Å². The Kier molecular flexibility index (Phi) is 1.65. The largest absolute Gasteiger partial charge is 0.368 e. The molecule has 0 amide bonds. The van der Waals surface area contributed by atoms with E-state index in [1.54, 1.807) is 18.2 Å². The van der Waals surface area contributed by atoms with Crippen molar-refractivity contribution in [2.24, 2.45) is 0 Å². The minimum atomic E-state index is -0.669. The third-order valence-corrected chi connectivity index (χ3v) is 2.16. The van der Waals surface area contributed by atoms with E-state index >= 15 is 0 Å². The second-order valence-electron chi connectivity index (χ2n) is 3.10. The number of fused-ring (bicyclic) bond motifs is 1. The monoisotopic (exact) mass is 175 g/mol. The normalized spacial score (nSPS) is 19.5. The van der Waals surface area contributed by atoms with Crippen LogP contribution in [-0.2, 0) is 4.79 Å². The molecule has 1 atom stereocenters. The molecule has 0 radical (unpaired) electrons. The summed E-state index contributed by atoms with van der Waals surface area (Å²) in [6.07, 6.45) is 0. The van der Waals surface area contributed by atoms with E-state index in [9.17, 15) is 9.59 Å². The molecule has 66 valence electrons. The fourth-order valence-electron chi connectivity index (χ4n) is 1.49. The van der Waals surface area contributed by atoms with Gasteiger partial charge in [0, 0.05) is 11.3 Å². The van der Waals surface area contributed by atoms with Crippen molar-refractivity contribution in [2.45, 2.75) is 13.0 Å². The van der Waals surface area contributed by atoms with Crippen molar-refractivity contribution in [3.63, 3.8) is 0 Å². The molecule has 2 rings (SSSR count). The summed E-state index contributed by atoms with van der Waals surface area (Å²) < 4.78 is 0. The van der Waals surface area contributed by atoms with Gasteiger partial charge in [-0.25, -0.2) is 0 Å². The molecule has 0 unspecified atom stereocenters. The van der Waals surface area contributed by atoms with Gasteiger partial charge in [0.1, 0.15) is 6.04 Å². The van der Waals surface area contributed by atoms with E-state index in [0.29, 0.717) is 5.56 Å². The van der Waals surface area contributed by atoms with E-state index in [0.717, 1.165) is 5.69 Å². The highest BCUT2D eigenvalue weighted by atomic mass is 16.2. The van der Waals surface area contributed by atoms with Crippen molar-refractivity contribution < 1.29 is 9.59 Å². The van der Waals surface area contributed by atoms with Gasteiger partial charge in [-0.2, -0.15) is 0 Å². The van der Waals surface area contributed by atoms with Crippen LogP contribution in [0.3, 0.4) is 0 Å². The van der Waals surface area contributed by atoms with Crippen LogP contribution in [0.25, 0.3) is 0 Å². The van der Waals surface area contributed by atoms with Gasteiger partial charge in [-0.15, -0.1) is 0 Å². The van der Waals surface area contributed by atoms with Crippen LogP contribution in [0.1, 0.15) is 17.3 Å². The highest BCUT2D eigenvalue weighted by Crippen LogP contribution is 2.25. The molecule has 0 spiro atoms. The predicted molar refractivity (Wildman–Crippen MR) is 48.9 cm³/mol. The summed E-state index contributed by atoms with van der Waals surface area (Å²) in [6.45, 7) is 1.42. The van der Waals surface area contributed by atoms with Gasteiger partial charge in [0.15, 0.2) is 11.6 Å². The van der Waals surface area contributed by atoms with Gasteiger partial charge in [0.2, 0.25) is 0 Å². The van der Waals surface area contributed by atoms with Crippen molar-refractivity contribution in [1.82, 2.24) is 0 Å². The molecular formula is C10H9NO2. The number of benzene rings is 1. The SMILES string of the molecule is CC(=O)[C@H]1Nc2ccccc2C1=O. The number of nitrogens with one attached hydrogen (secondary N) is 1. The second-order valence-corrected chi connectivity index (χ2v) is 3.10. The molecular weight excluding hydrogens is 166 g/mol. The van der Waals surface area contributed by atoms with Crippen LogP contribution >= 0.6 is 0 Å². The first kappa shape index (κ1) is 7.98. The number of ketones is 2. The Morgan fingerprint density at radius 1 is 1.38 bits per heavy atom. The number of rotatable bonds is 1. The van der Waals surface area contributed by atoms with Gasteiger partial charge >= 0.3 is 0 Å². The third-order valence-electron chi connectivity index (χ3n) is 2.16. The summed E-state index contributed by atoms with van der Waals surface area (Å²) in [7, 11) is 0. The Morgan fingerprint density at radius 2 is 2.08 bits per heavy atom. The Labute approximate surface area is 75.8 Å². The van der Waals surface area contributed by atoms with Crippen molar-refractivity contribution in [3.05, 3.63) is 29.8 Å². The van der Waals surface area contributed by atoms with E-state index in [1.807, 2.05) is 6.07 Å².